The van der Waals surface area contributed by atoms with E-state index < -0.39 is 0 Å². The average Bonchev–Trinajstić information content (AvgIpc) is 3.14. The largest absolute Gasteiger partial charge is 0.497 e. The van der Waals surface area contributed by atoms with Gasteiger partial charge in [-0.1, -0.05) is 12.1 Å². The van der Waals surface area contributed by atoms with Gasteiger partial charge in [0.1, 0.15) is 18.1 Å². The molecule has 2 aromatic rings. The number of methoxy groups -OCH3 is 1. The molecule has 0 aromatic heterocycles. The highest BCUT2D eigenvalue weighted by Crippen LogP contribution is 2.33. The summed E-state index contributed by atoms with van der Waals surface area (Å²) in [5.41, 5.74) is 2.41. The summed E-state index contributed by atoms with van der Waals surface area (Å²) in [6.45, 7) is 1.33. The minimum absolute atomic E-state index is 0.0770. The van der Waals surface area contributed by atoms with Crippen molar-refractivity contribution < 1.29 is 18.7 Å². The number of amides is 2. The van der Waals surface area contributed by atoms with Crippen LogP contribution in [0.5, 0.6) is 5.75 Å². The Morgan fingerprint density at radius 1 is 1.18 bits per heavy atom. The number of hydrogen-bond acceptors (Lipinski definition) is 4. The molecule has 1 heterocycles. The van der Waals surface area contributed by atoms with Gasteiger partial charge in [0, 0.05) is 20.4 Å². The molecule has 0 spiro atoms. The molecule has 2 amide bonds. The van der Waals surface area contributed by atoms with E-state index in [1.807, 2.05) is 24.3 Å². The third-order valence-corrected chi connectivity index (χ3v) is 4.75. The molecule has 0 saturated carbocycles. The molecule has 0 N–H and O–H groups in total. The van der Waals surface area contributed by atoms with Crippen molar-refractivity contribution >= 4 is 17.5 Å². The molecule has 0 fully saturated rings. The van der Waals surface area contributed by atoms with Gasteiger partial charge in [0.25, 0.3) is 5.91 Å². The minimum Gasteiger partial charge on any atom is -0.497 e. The van der Waals surface area contributed by atoms with Gasteiger partial charge in [-0.15, -0.1) is 0 Å². The lowest BCUT2D eigenvalue weighted by atomic mass is 9.98. The van der Waals surface area contributed by atoms with Gasteiger partial charge in [-0.2, -0.15) is 5.10 Å². The molecule has 1 aliphatic rings. The zero-order valence-corrected chi connectivity index (χ0v) is 16.1. The number of halogens is 1. The van der Waals surface area contributed by atoms with Crippen LogP contribution in [-0.4, -0.2) is 48.1 Å². The third-order valence-electron chi connectivity index (χ3n) is 4.75. The summed E-state index contributed by atoms with van der Waals surface area (Å²) in [5.74, 6) is -0.110. The maximum atomic E-state index is 13.3. The average molecular weight is 383 g/mol. The summed E-state index contributed by atoms with van der Waals surface area (Å²) in [6.07, 6.45) is 0.494. The fourth-order valence-corrected chi connectivity index (χ4v) is 3.03. The van der Waals surface area contributed by atoms with Crippen LogP contribution in [0.3, 0.4) is 0 Å². The Bertz CT molecular complexity index is 894. The van der Waals surface area contributed by atoms with Gasteiger partial charge in [0.2, 0.25) is 5.91 Å². The maximum absolute atomic E-state index is 13.3. The van der Waals surface area contributed by atoms with Crippen molar-refractivity contribution in [2.24, 2.45) is 5.10 Å². The van der Waals surface area contributed by atoms with Crippen molar-refractivity contribution in [1.82, 2.24) is 9.91 Å². The van der Waals surface area contributed by atoms with E-state index in [1.165, 1.54) is 29.0 Å². The van der Waals surface area contributed by atoms with Crippen LogP contribution in [0, 0.1) is 5.82 Å². The summed E-state index contributed by atoms with van der Waals surface area (Å²) < 4.78 is 18.5. The highest BCUT2D eigenvalue weighted by Gasteiger charge is 2.33. The van der Waals surface area contributed by atoms with Crippen molar-refractivity contribution in [3.63, 3.8) is 0 Å². The maximum Gasteiger partial charge on any atom is 0.262 e. The molecule has 1 atom stereocenters. The van der Waals surface area contributed by atoms with E-state index in [9.17, 15) is 14.0 Å². The van der Waals surface area contributed by atoms with Crippen LogP contribution in [0.25, 0.3) is 0 Å². The normalized spacial score (nSPS) is 15.9. The first-order valence-electron chi connectivity index (χ1n) is 8.90. The Labute approximate surface area is 163 Å². The van der Waals surface area contributed by atoms with Crippen LogP contribution >= 0.6 is 0 Å². The molecule has 0 saturated heterocycles. The van der Waals surface area contributed by atoms with Crippen molar-refractivity contribution in [3.8, 4) is 5.75 Å². The lowest BCUT2D eigenvalue weighted by Crippen LogP contribution is -2.38. The number of benzene rings is 2. The second kappa shape index (κ2) is 8.21. The standard InChI is InChI=1S/C21H22FN3O3/c1-14(26)24(2)13-21(27)25-20(16-4-8-17(22)9-5-16)12-19(23-25)15-6-10-18(28-3)11-7-15/h4-11,20H,12-13H2,1-3H3/t20-/m0/s1. The zero-order chi connectivity index (χ0) is 20.3. The predicted molar refractivity (Wildman–Crippen MR) is 103 cm³/mol. The molecule has 0 unspecified atom stereocenters. The molecule has 6 nitrogen and oxygen atoms in total. The molecule has 1 aliphatic heterocycles. The molecule has 146 valence electrons. The molecular weight excluding hydrogens is 361 g/mol. The first-order valence-corrected chi connectivity index (χ1v) is 8.90. The number of likely N-dealkylation sites (N-methyl/N-ethyl adjacent to an activating group) is 1. The number of hydrazone groups is 1. The highest BCUT2D eigenvalue weighted by molar-refractivity contribution is 6.03. The third kappa shape index (κ3) is 4.19. The smallest absolute Gasteiger partial charge is 0.262 e. The molecule has 7 heteroatoms. The minimum atomic E-state index is -0.356. The number of hydrogen-bond donors (Lipinski definition) is 0. The Kier molecular flexibility index (Phi) is 5.73. The number of carbonyl (C=O) groups is 2. The van der Waals surface area contributed by atoms with Crippen LogP contribution in [-0.2, 0) is 9.59 Å². The lowest BCUT2D eigenvalue weighted by molar-refractivity contribution is -0.139. The number of ether oxygens (including phenoxy) is 1. The van der Waals surface area contributed by atoms with Crippen molar-refractivity contribution in [3.05, 3.63) is 65.5 Å². The molecule has 0 bridgehead atoms. The second-order valence-electron chi connectivity index (χ2n) is 6.66. The SMILES string of the molecule is COc1ccc(C2=NN(C(=O)CN(C)C(C)=O)[C@H](c3ccc(F)cc3)C2)cc1. The molecule has 2 aromatic carbocycles. The fourth-order valence-electron chi connectivity index (χ4n) is 3.03. The number of rotatable bonds is 5. The van der Waals surface area contributed by atoms with Crippen LogP contribution in [0.2, 0.25) is 0 Å². The Balaban J connectivity index is 1.91. The topological polar surface area (TPSA) is 62.2 Å². The van der Waals surface area contributed by atoms with Gasteiger partial charge in [-0.25, -0.2) is 9.40 Å². The first-order chi connectivity index (χ1) is 13.4. The molecule has 28 heavy (non-hydrogen) atoms. The lowest BCUT2D eigenvalue weighted by Gasteiger charge is -2.24. The van der Waals surface area contributed by atoms with E-state index in [-0.39, 0.29) is 30.2 Å². The van der Waals surface area contributed by atoms with Gasteiger partial charge in [0.05, 0.1) is 18.9 Å². The first kappa shape index (κ1) is 19.5. The monoisotopic (exact) mass is 383 g/mol. The van der Waals surface area contributed by atoms with Crippen LogP contribution in [0.15, 0.2) is 53.6 Å². The quantitative estimate of drug-likeness (QED) is 0.797. The van der Waals surface area contributed by atoms with E-state index in [1.54, 1.807) is 26.3 Å². The van der Waals surface area contributed by atoms with Crippen molar-refractivity contribution in [2.75, 3.05) is 20.7 Å². The van der Waals surface area contributed by atoms with Crippen molar-refractivity contribution in [1.29, 1.82) is 0 Å². The second-order valence-corrected chi connectivity index (χ2v) is 6.66. The van der Waals surface area contributed by atoms with Crippen LogP contribution < -0.4 is 4.74 Å². The summed E-state index contributed by atoms with van der Waals surface area (Å²) in [7, 11) is 3.16. The van der Waals surface area contributed by atoms with Gasteiger partial charge in [0.15, 0.2) is 0 Å². The zero-order valence-electron chi connectivity index (χ0n) is 16.1. The summed E-state index contributed by atoms with van der Waals surface area (Å²) in [6, 6.07) is 13.1. The highest BCUT2D eigenvalue weighted by atomic mass is 19.1. The van der Waals surface area contributed by atoms with Gasteiger partial charge < -0.3 is 9.64 Å². The van der Waals surface area contributed by atoms with Gasteiger partial charge in [-0.3, -0.25) is 9.59 Å². The van der Waals surface area contributed by atoms with Gasteiger partial charge >= 0.3 is 0 Å². The van der Waals surface area contributed by atoms with E-state index >= 15 is 0 Å². The Hall–Kier alpha value is -3.22. The molecule has 0 radical (unpaired) electrons. The van der Waals surface area contributed by atoms with E-state index in [0.717, 1.165) is 22.6 Å². The summed E-state index contributed by atoms with van der Waals surface area (Å²) in [4.78, 5) is 25.7. The Morgan fingerprint density at radius 3 is 2.39 bits per heavy atom. The summed E-state index contributed by atoms with van der Waals surface area (Å²) >= 11 is 0. The van der Waals surface area contributed by atoms with E-state index in [2.05, 4.69) is 5.10 Å². The van der Waals surface area contributed by atoms with E-state index in [0.29, 0.717) is 6.42 Å². The molecule has 3 rings (SSSR count). The molecular formula is C21H22FN3O3. The van der Waals surface area contributed by atoms with Crippen LogP contribution in [0.4, 0.5) is 4.39 Å². The van der Waals surface area contributed by atoms with Gasteiger partial charge in [-0.05, 0) is 47.5 Å². The number of nitrogens with zero attached hydrogens (tertiary/aromatic N) is 3. The fraction of sp³-hybridized carbons (Fsp3) is 0.286. The van der Waals surface area contributed by atoms with E-state index in [4.69, 9.17) is 4.74 Å². The Morgan fingerprint density at radius 2 is 1.82 bits per heavy atom. The molecule has 0 aliphatic carbocycles. The predicted octanol–water partition coefficient (Wildman–Crippen LogP) is 2.99. The van der Waals surface area contributed by atoms with Crippen LogP contribution in [0.1, 0.15) is 30.5 Å². The number of carbonyl (C=O) groups excluding carboxylic acids is 2. The van der Waals surface area contributed by atoms with Crippen molar-refractivity contribution in [2.45, 2.75) is 19.4 Å². The summed E-state index contributed by atoms with van der Waals surface area (Å²) in [5, 5.41) is 5.93.